The molecule has 1 aromatic carbocycles. The van der Waals surface area contributed by atoms with E-state index in [4.69, 9.17) is 4.74 Å². The summed E-state index contributed by atoms with van der Waals surface area (Å²) in [4.78, 5) is 13.6. The smallest absolute Gasteiger partial charge is 0.326 e. The maximum absolute atomic E-state index is 11.6. The number of aryl methyl sites for hydroxylation is 1. The number of anilines is 1. The van der Waals surface area contributed by atoms with E-state index in [0.717, 1.165) is 29.8 Å². The van der Waals surface area contributed by atoms with Gasteiger partial charge in [0, 0.05) is 0 Å². The summed E-state index contributed by atoms with van der Waals surface area (Å²) in [6.45, 7) is 8.76. The minimum atomic E-state index is -0.770. The Morgan fingerprint density at radius 3 is 2.57 bits per heavy atom. The first-order chi connectivity index (χ1) is 9.96. The van der Waals surface area contributed by atoms with Crippen LogP contribution in [0.4, 0.5) is 5.69 Å². The second kappa shape index (κ2) is 5.96. The number of carbonyl (C=O) groups is 1. The highest BCUT2D eigenvalue weighted by atomic mass is 16.5. The van der Waals surface area contributed by atoms with E-state index in [9.17, 15) is 9.90 Å². The quantitative estimate of drug-likeness (QED) is 0.900. The first kappa shape index (κ1) is 15.7. The first-order valence-corrected chi connectivity index (χ1v) is 7.75. The van der Waals surface area contributed by atoms with Crippen LogP contribution in [0, 0.1) is 6.92 Å². The summed E-state index contributed by atoms with van der Waals surface area (Å²) in [5, 5.41) is 9.55. The van der Waals surface area contributed by atoms with Crippen LogP contribution in [0.15, 0.2) is 18.2 Å². The average molecular weight is 291 g/mol. The number of ether oxygens (including phenoxy) is 1. The lowest BCUT2D eigenvalue weighted by molar-refractivity contribution is -0.138. The molecule has 0 amide bonds. The van der Waals surface area contributed by atoms with E-state index in [2.05, 4.69) is 13.8 Å². The number of aliphatic carboxylic acids is 1. The summed E-state index contributed by atoms with van der Waals surface area (Å²) in [6, 6.07) is 5.49. The molecule has 0 radical (unpaired) electrons. The molecular weight excluding hydrogens is 266 g/mol. The molecule has 1 aliphatic rings. The van der Waals surface area contributed by atoms with Gasteiger partial charge in [0.1, 0.15) is 17.4 Å². The van der Waals surface area contributed by atoms with Gasteiger partial charge in [0.25, 0.3) is 0 Å². The molecular formula is C17H25NO3. The number of hydrogen-bond donors (Lipinski definition) is 1. The van der Waals surface area contributed by atoms with E-state index in [1.165, 1.54) is 0 Å². The van der Waals surface area contributed by atoms with Gasteiger partial charge in [-0.05, 0) is 43.9 Å². The van der Waals surface area contributed by atoms with Gasteiger partial charge in [-0.1, -0.05) is 26.8 Å². The zero-order valence-electron chi connectivity index (χ0n) is 13.3. The van der Waals surface area contributed by atoms with Crippen molar-refractivity contribution in [1.29, 1.82) is 0 Å². The Hall–Kier alpha value is -1.71. The van der Waals surface area contributed by atoms with Crippen LogP contribution in [0.25, 0.3) is 0 Å². The molecule has 2 rings (SSSR count). The van der Waals surface area contributed by atoms with Crippen molar-refractivity contribution in [3.63, 3.8) is 0 Å². The van der Waals surface area contributed by atoms with Crippen LogP contribution in [-0.4, -0.2) is 29.3 Å². The molecule has 0 aliphatic carbocycles. The minimum absolute atomic E-state index is 0.300. The van der Waals surface area contributed by atoms with Crippen LogP contribution in [0.3, 0.4) is 0 Å². The van der Waals surface area contributed by atoms with E-state index in [-0.39, 0.29) is 5.60 Å². The molecule has 0 fully saturated rings. The Morgan fingerprint density at radius 2 is 2.05 bits per heavy atom. The van der Waals surface area contributed by atoms with Gasteiger partial charge in [0.15, 0.2) is 0 Å². The van der Waals surface area contributed by atoms with Crippen LogP contribution >= 0.6 is 0 Å². The normalized spacial score (nSPS) is 17.8. The molecule has 1 N–H and O–H groups in total. The van der Waals surface area contributed by atoms with Crippen molar-refractivity contribution >= 4 is 11.7 Å². The molecule has 1 unspecified atom stereocenters. The fraction of sp³-hybridized carbons (Fsp3) is 0.588. The Kier molecular flexibility index (Phi) is 4.45. The average Bonchev–Trinajstić information content (AvgIpc) is 2.47. The lowest BCUT2D eigenvalue weighted by Crippen LogP contribution is -2.55. The molecule has 1 atom stereocenters. The molecule has 0 saturated heterocycles. The number of fused-ring (bicyclic) bond motifs is 1. The van der Waals surface area contributed by atoms with Crippen molar-refractivity contribution in [2.45, 2.75) is 58.6 Å². The fourth-order valence-corrected chi connectivity index (χ4v) is 3.02. The van der Waals surface area contributed by atoms with Crippen molar-refractivity contribution in [1.82, 2.24) is 0 Å². The number of benzene rings is 1. The SMILES string of the molecule is CCC(C(=O)O)N1CC(CC)(CC)Oc2ccc(C)cc21. The first-order valence-electron chi connectivity index (χ1n) is 7.75. The van der Waals surface area contributed by atoms with Crippen LogP contribution in [0.2, 0.25) is 0 Å². The topological polar surface area (TPSA) is 49.8 Å². The summed E-state index contributed by atoms with van der Waals surface area (Å²) in [7, 11) is 0. The van der Waals surface area contributed by atoms with Gasteiger partial charge < -0.3 is 14.7 Å². The van der Waals surface area contributed by atoms with Crippen molar-refractivity contribution in [3.8, 4) is 5.75 Å². The van der Waals surface area contributed by atoms with Crippen molar-refractivity contribution < 1.29 is 14.6 Å². The third-order valence-corrected chi connectivity index (χ3v) is 4.55. The van der Waals surface area contributed by atoms with E-state index in [1.54, 1.807) is 0 Å². The van der Waals surface area contributed by atoms with Gasteiger partial charge in [-0.25, -0.2) is 4.79 Å². The van der Waals surface area contributed by atoms with Gasteiger partial charge >= 0.3 is 5.97 Å². The van der Waals surface area contributed by atoms with Crippen LogP contribution < -0.4 is 9.64 Å². The van der Waals surface area contributed by atoms with E-state index in [1.807, 2.05) is 36.9 Å². The highest BCUT2D eigenvalue weighted by Gasteiger charge is 2.40. The van der Waals surface area contributed by atoms with E-state index >= 15 is 0 Å². The summed E-state index contributed by atoms with van der Waals surface area (Å²) in [5.41, 5.74) is 1.72. The van der Waals surface area contributed by atoms with E-state index in [0.29, 0.717) is 13.0 Å². The lowest BCUT2D eigenvalue weighted by Gasteiger charge is -2.46. The molecule has 21 heavy (non-hydrogen) atoms. The predicted molar refractivity (Wildman–Crippen MR) is 84.2 cm³/mol. The number of carboxylic acid groups (broad SMARTS) is 1. The third-order valence-electron chi connectivity index (χ3n) is 4.55. The van der Waals surface area contributed by atoms with Gasteiger partial charge in [-0.15, -0.1) is 0 Å². The molecule has 0 aromatic heterocycles. The molecule has 0 saturated carbocycles. The zero-order valence-corrected chi connectivity index (χ0v) is 13.3. The molecule has 0 spiro atoms. The number of carboxylic acids is 1. The van der Waals surface area contributed by atoms with E-state index < -0.39 is 12.0 Å². The standard InChI is InChI=1S/C17H25NO3/c1-5-13(16(19)20)18-11-17(6-2,7-3)21-15-9-8-12(4)10-14(15)18/h8-10,13H,5-7,11H2,1-4H3,(H,19,20). The Bertz CT molecular complexity index is 523. The fourth-order valence-electron chi connectivity index (χ4n) is 3.02. The van der Waals surface area contributed by atoms with Crippen molar-refractivity contribution in [3.05, 3.63) is 23.8 Å². The summed E-state index contributed by atoms with van der Waals surface area (Å²) < 4.78 is 6.24. The summed E-state index contributed by atoms with van der Waals surface area (Å²) in [5.74, 6) is 0.0308. The second-order valence-corrected chi connectivity index (χ2v) is 5.85. The van der Waals surface area contributed by atoms with Gasteiger partial charge in [-0.2, -0.15) is 0 Å². The largest absolute Gasteiger partial charge is 0.483 e. The molecule has 4 heteroatoms. The zero-order chi connectivity index (χ0) is 15.6. The lowest BCUT2D eigenvalue weighted by atomic mass is 9.92. The Balaban J connectivity index is 2.52. The highest BCUT2D eigenvalue weighted by Crippen LogP contribution is 2.41. The molecule has 0 bridgehead atoms. The number of rotatable bonds is 5. The second-order valence-electron chi connectivity index (χ2n) is 5.85. The Morgan fingerprint density at radius 1 is 1.38 bits per heavy atom. The summed E-state index contributed by atoms with van der Waals surface area (Å²) in [6.07, 6.45) is 2.30. The van der Waals surface area contributed by atoms with Crippen molar-refractivity contribution in [2.24, 2.45) is 0 Å². The summed E-state index contributed by atoms with van der Waals surface area (Å²) >= 11 is 0. The molecule has 1 aliphatic heterocycles. The van der Waals surface area contributed by atoms with Gasteiger partial charge in [0.2, 0.25) is 0 Å². The molecule has 1 heterocycles. The van der Waals surface area contributed by atoms with Gasteiger partial charge in [0.05, 0.1) is 12.2 Å². The number of nitrogens with zero attached hydrogens (tertiary/aromatic N) is 1. The molecule has 116 valence electrons. The monoisotopic (exact) mass is 291 g/mol. The maximum Gasteiger partial charge on any atom is 0.326 e. The molecule has 4 nitrogen and oxygen atoms in total. The predicted octanol–water partition coefficient (Wildman–Crippen LogP) is 3.62. The van der Waals surface area contributed by atoms with Crippen LogP contribution in [0.1, 0.15) is 45.6 Å². The van der Waals surface area contributed by atoms with Crippen molar-refractivity contribution in [2.75, 3.05) is 11.4 Å². The highest BCUT2D eigenvalue weighted by molar-refractivity contribution is 5.80. The van der Waals surface area contributed by atoms with Crippen LogP contribution in [0.5, 0.6) is 5.75 Å². The van der Waals surface area contributed by atoms with Gasteiger partial charge in [-0.3, -0.25) is 0 Å². The Labute approximate surface area is 126 Å². The molecule has 1 aromatic rings. The maximum atomic E-state index is 11.6. The third kappa shape index (κ3) is 2.85. The van der Waals surface area contributed by atoms with Crippen LogP contribution in [-0.2, 0) is 4.79 Å². The minimum Gasteiger partial charge on any atom is -0.483 e. The number of hydrogen-bond acceptors (Lipinski definition) is 3.